The second-order valence-electron chi connectivity index (χ2n) is 6.19. The molecule has 4 rings (SSSR count). The van der Waals surface area contributed by atoms with Gasteiger partial charge in [0.05, 0.1) is 27.3 Å². The highest BCUT2D eigenvalue weighted by Gasteiger charge is 2.40. The first kappa shape index (κ1) is 15.6. The lowest BCUT2D eigenvalue weighted by Gasteiger charge is -2.38. The monoisotopic (exact) mass is 359 g/mol. The van der Waals surface area contributed by atoms with Crippen LogP contribution in [0.2, 0.25) is 10.0 Å². The van der Waals surface area contributed by atoms with E-state index in [2.05, 4.69) is 17.5 Å². The topological polar surface area (TPSA) is 49.3 Å². The number of carboxylic acid groups (broad SMARTS) is 1. The third-order valence-corrected chi connectivity index (χ3v) is 5.78. The normalized spacial score (nSPS) is 24.2. The molecule has 3 nitrogen and oxygen atoms in total. The number of hydrogen-bond acceptors (Lipinski definition) is 2. The third kappa shape index (κ3) is 2.31. The Bertz CT molecular complexity index is 862. The largest absolute Gasteiger partial charge is 0.478 e. The van der Waals surface area contributed by atoms with Gasteiger partial charge in [-0.2, -0.15) is 0 Å². The maximum Gasteiger partial charge on any atom is 0.337 e. The molecule has 0 saturated carbocycles. The maximum atomic E-state index is 11.6. The van der Waals surface area contributed by atoms with E-state index >= 15 is 0 Å². The summed E-state index contributed by atoms with van der Waals surface area (Å²) in [5.74, 6) is -0.464. The number of carbonyl (C=O) groups is 1. The van der Waals surface area contributed by atoms with Crippen molar-refractivity contribution in [3.63, 3.8) is 0 Å². The maximum absolute atomic E-state index is 11.6. The summed E-state index contributed by atoms with van der Waals surface area (Å²) in [7, 11) is 0. The molecule has 122 valence electrons. The van der Waals surface area contributed by atoms with Crippen LogP contribution in [0.25, 0.3) is 0 Å². The molecule has 5 heteroatoms. The van der Waals surface area contributed by atoms with Gasteiger partial charge < -0.3 is 10.4 Å². The molecule has 0 fully saturated rings. The zero-order chi connectivity index (χ0) is 16.8. The highest BCUT2D eigenvalue weighted by Crippen LogP contribution is 2.52. The van der Waals surface area contributed by atoms with Crippen molar-refractivity contribution in [3.8, 4) is 0 Å². The van der Waals surface area contributed by atoms with Crippen LogP contribution < -0.4 is 5.32 Å². The predicted molar refractivity (Wildman–Crippen MR) is 96.2 cm³/mol. The molecule has 2 aliphatic rings. The van der Waals surface area contributed by atoms with Gasteiger partial charge in [0.25, 0.3) is 0 Å². The molecule has 0 bridgehead atoms. The molecule has 0 amide bonds. The molecule has 0 aromatic heterocycles. The Hall–Kier alpha value is -1.97. The number of halogens is 2. The van der Waals surface area contributed by atoms with Gasteiger partial charge in [0, 0.05) is 5.92 Å². The van der Waals surface area contributed by atoms with Crippen molar-refractivity contribution in [1.82, 2.24) is 0 Å². The van der Waals surface area contributed by atoms with Crippen molar-refractivity contribution in [2.45, 2.75) is 18.4 Å². The Morgan fingerprint density at radius 2 is 1.88 bits per heavy atom. The standard InChI is InChI=1S/C19H15Cl2NO2/c20-15-9-3-7-13(16(15)21)17-11-5-1-4-10(11)12-6-2-8-14(19(23)24)18(12)22-17/h1-4,6-11,17,22H,5H2,(H,23,24)/t10-,11+,17+/m1/s1. The summed E-state index contributed by atoms with van der Waals surface area (Å²) >= 11 is 12.6. The first-order valence-electron chi connectivity index (χ1n) is 7.81. The predicted octanol–water partition coefficient (Wildman–Crippen LogP) is 5.52. The molecular weight excluding hydrogens is 345 g/mol. The molecule has 1 aliphatic carbocycles. The minimum absolute atomic E-state index is 0.0794. The molecule has 0 unspecified atom stereocenters. The van der Waals surface area contributed by atoms with E-state index in [-0.39, 0.29) is 23.4 Å². The molecule has 1 aliphatic heterocycles. The number of rotatable bonds is 2. The lowest BCUT2D eigenvalue weighted by Crippen LogP contribution is -2.30. The van der Waals surface area contributed by atoms with Crippen molar-refractivity contribution in [1.29, 1.82) is 0 Å². The molecule has 2 aromatic carbocycles. The molecule has 2 N–H and O–H groups in total. The summed E-state index contributed by atoms with van der Waals surface area (Å²) in [6.45, 7) is 0. The number of allylic oxidation sites excluding steroid dienone is 2. The molecule has 0 saturated heterocycles. The van der Waals surface area contributed by atoms with E-state index in [1.165, 1.54) is 0 Å². The van der Waals surface area contributed by atoms with E-state index in [9.17, 15) is 9.90 Å². The number of carboxylic acids is 1. The average Bonchev–Trinajstić information content (AvgIpc) is 3.06. The van der Waals surface area contributed by atoms with Crippen LogP contribution in [0, 0.1) is 5.92 Å². The Kier molecular flexibility index (Phi) is 3.78. The van der Waals surface area contributed by atoms with Gasteiger partial charge in [-0.1, -0.05) is 59.6 Å². The Morgan fingerprint density at radius 1 is 1.12 bits per heavy atom. The zero-order valence-corrected chi connectivity index (χ0v) is 14.2. The van der Waals surface area contributed by atoms with Gasteiger partial charge in [0.1, 0.15) is 0 Å². The molecule has 2 aromatic rings. The molecule has 1 heterocycles. The van der Waals surface area contributed by atoms with Crippen LogP contribution in [0.15, 0.2) is 48.6 Å². The first-order chi connectivity index (χ1) is 11.6. The van der Waals surface area contributed by atoms with Crippen molar-refractivity contribution in [2.24, 2.45) is 5.92 Å². The van der Waals surface area contributed by atoms with E-state index in [0.717, 1.165) is 17.5 Å². The third-order valence-electron chi connectivity index (χ3n) is 4.94. The van der Waals surface area contributed by atoms with Crippen LogP contribution in [-0.4, -0.2) is 11.1 Å². The summed E-state index contributed by atoms with van der Waals surface area (Å²) in [6, 6.07) is 10.9. The van der Waals surface area contributed by atoms with Crippen LogP contribution in [0.4, 0.5) is 5.69 Å². The number of aromatic carboxylic acids is 1. The van der Waals surface area contributed by atoms with Crippen molar-refractivity contribution < 1.29 is 9.90 Å². The van der Waals surface area contributed by atoms with Crippen LogP contribution in [0.1, 0.15) is 39.9 Å². The fourth-order valence-corrected chi connectivity index (χ4v) is 4.29. The number of hydrogen-bond donors (Lipinski definition) is 2. The smallest absolute Gasteiger partial charge is 0.337 e. The summed E-state index contributed by atoms with van der Waals surface area (Å²) in [6.07, 6.45) is 5.24. The SMILES string of the molecule is O=C(O)c1cccc2c1N[C@H](c1cccc(Cl)c1Cl)[C@H]1CC=C[C@@H]21. The zero-order valence-electron chi connectivity index (χ0n) is 12.7. The number of fused-ring (bicyclic) bond motifs is 3. The van der Waals surface area contributed by atoms with E-state index < -0.39 is 5.97 Å². The van der Waals surface area contributed by atoms with Gasteiger partial charge in [-0.05, 0) is 35.6 Å². The summed E-state index contributed by atoms with van der Waals surface area (Å²) in [5.41, 5.74) is 2.91. The highest BCUT2D eigenvalue weighted by molar-refractivity contribution is 6.42. The number of para-hydroxylation sites is 1. The molecular formula is C19H15Cl2NO2. The Balaban J connectivity index is 1.88. The summed E-state index contributed by atoms with van der Waals surface area (Å²) in [4.78, 5) is 11.6. The van der Waals surface area contributed by atoms with E-state index in [4.69, 9.17) is 23.2 Å². The van der Waals surface area contributed by atoms with Crippen LogP contribution >= 0.6 is 23.2 Å². The lowest BCUT2D eigenvalue weighted by molar-refractivity contribution is 0.0697. The molecule has 0 radical (unpaired) electrons. The van der Waals surface area contributed by atoms with Crippen LogP contribution in [0.3, 0.4) is 0 Å². The summed E-state index contributed by atoms with van der Waals surface area (Å²) < 4.78 is 0. The Labute approximate surface area is 149 Å². The first-order valence-corrected chi connectivity index (χ1v) is 8.57. The fraction of sp³-hybridized carbons (Fsp3) is 0.211. The van der Waals surface area contributed by atoms with E-state index in [1.807, 2.05) is 18.2 Å². The summed E-state index contributed by atoms with van der Waals surface area (Å²) in [5, 5.41) is 14.0. The minimum atomic E-state index is -0.935. The van der Waals surface area contributed by atoms with Crippen LogP contribution in [0.5, 0.6) is 0 Å². The second-order valence-corrected chi connectivity index (χ2v) is 6.98. The van der Waals surface area contributed by atoms with Gasteiger partial charge in [-0.3, -0.25) is 0 Å². The second kappa shape index (κ2) is 5.83. The van der Waals surface area contributed by atoms with E-state index in [0.29, 0.717) is 15.7 Å². The lowest BCUT2D eigenvalue weighted by atomic mass is 9.76. The van der Waals surface area contributed by atoms with Crippen LogP contribution in [-0.2, 0) is 0 Å². The van der Waals surface area contributed by atoms with E-state index in [1.54, 1.807) is 18.2 Å². The fourth-order valence-electron chi connectivity index (χ4n) is 3.87. The highest BCUT2D eigenvalue weighted by atomic mass is 35.5. The molecule has 3 atom stereocenters. The van der Waals surface area contributed by atoms with Gasteiger partial charge in [0.2, 0.25) is 0 Å². The van der Waals surface area contributed by atoms with Crippen molar-refractivity contribution in [2.75, 3.05) is 5.32 Å². The van der Waals surface area contributed by atoms with Gasteiger partial charge in [-0.15, -0.1) is 0 Å². The Morgan fingerprint density at radius 3 is 2.67 bits per heavy atom. The van der Waals surface area contributed by atoms with Gasteiger partial charge in [0.15, 0.2) is 0 Å². The van der Waals surface area contributed by atoms with Gasteiger partial charge in [-0.25, -0.2) is 4.79 Å². The number of nitrogens with one attached hydrogen (secondary N) is 1. The quantitative estimate of drug-likeness (QED) is 0.694. The average molecular weight is 360 g/mol. The molecule has 24 heavy (non-hydrogen) atoms. The number of anilines is 1. The van der Waals surface area contributed by atoms with Crippen molar-refractivity contribution in [3.05, 3.63) is 75.3 Å². The van der Waals surface area contributed by atoms with Gasteiger partial charge >= 0.3 is 5.97 Å². The minimum Gasteiger partial charge on any atom is -0.478 e. The number of benzene rings is 2. The molecule has 0 spiro atoms. The van der Waals surface area contributed by atoms with Crippen molar-refractivity contribution >= 4 is 34.9 Å².